The molecule has 1 nitrogen and oxygen atoms in total. The third kappa shape index (κ3) is 7.40. The molecule has 1 heteroatoms. The first kappa shape index (κ1) is 34.3. The number of rotatable bonds is 6. The number of aryl methyl sites for hydroxylation is 3. The van der Waals surface area contributed by atoms with Gasteiger partial charge in [0.2, 0.25) is 0 Å². The quantitative estimate of drug-likeness (QED) is 0.180. The van der Waals surface area contributed by atoms with Crippen molar-refractivity contribution >= 4 is 11.6 Å². The van der Waals surface area contributed by atoms with E-state index in [1.807, 2.05) is 19.1 Å². The van der Waals surface area contributed by atoms with Gasteiger partial charge in [0.05, 0.1) is 0 Å². The van der Waals surface area contributed by atoms with Gasteiger partial charge >= 0.3 is 0 Å². The lowest BCUT2D eigenvalue weighted by Crippen LogP contribution is -2.12. The number of fused-ring (bicyclic) bond motifs is 1. The third-order valence-electron chi connectivity index (χ3n) is 11.7. The van der Waals surface area contributed by atoms with Crippen LogP contribution in [0, 0.1) is 20.7 Å². The first-order valence-corrected chi connectivity index (χ1v) is 20.1. The molecule has 0 fully saturated rings. The summed E-state index contributed by atoms with van der Waals surface area (Å²) in [6.45, 7) is 15.5. The minimum absolute atomic E-state index is 0.0347. The van der Waals surface area contributed by atoms with Crippen molar-refractivity contribution in [2.75, 3.05) is 0 Å². The number of phenols is 1. The van der Waals surface area contributed by atoms with Gasteiger partial charge in [0.1, 0.15) is 5.75 Å². The average Bonchev–Trinajstić information content (AvgIpc) is 3.60. The molecule has 8 rings (SSSR count). The number of hydrogen-bond acceptors (Lipinski definition) is 1. The van der Waals surface area contributed by atoms with Gasteiger partial charge in [-0.25, -0.2) is 0 Å². The Bertz CT molecular complexity index is 2770. The fourth-order valence-electron chi connectivity index (χ4n) is 8.47. The maximum atomic E-state index is 11.8. The van der Waals surface area contributed by atoms with Crippen LogP contribution in [0.15, 0.2) is 146 Å². The molecule has 1 N–H and O–H groups in total. The zero-order valence-corrected chi connectivity index (χ0v) is 34.5. The zero-order valence-electron chi connectivity index (χ0n) is 37.5. The Morgan fingerprint density at radius 2 is 1.12 bits per heavy atom. The molecule has 1 aliphatic carbocycles. The van der Waals surface area contributed by atoms with E-state index in [1.54, 1.807) is 12.1 Å². The first-order valence-electron chi connectivity index (χ1n) is 21.6. The van der Waals surface area contributed by atoms with Gasteiger partial charge in [0.15, 0.2) is 0 Å². The van der Waals surface area contributed by atoms with E-state index in [2.05, 4.69) is 176 Å². The Morgan fingerprint density at radius 3 is 1.82 bits per heavy atom. The lowest BCUT2D eigenvalue weighted by molar-refractivity contribution is 0.469. The Morgan fingerprint density at radius 1 is 0.474 bits per heavy atom. The van der Waals surface area contributed by atoms with Crippen molar-refractivity contribution in [2.24, 2.45) is 0 Å². The minimum atomic E-state index is -2.14. The second kappa shape index (κ2) is 14.5. The Kier molecular flexibility index (Phi) is 8.76. The molecule has 0 saturated carbocycles. The summed E-state index contributed by atoms with van der Waals surface area (Å²) in [5, 5.41) is 11.8. The molecule has 284 valence electrons. The summed E-state index contributed by atoms with van der Waals surface area (Å²) in [6, 6.07) is 51.3. The monoisotopic (exact) mass is 745 g/mol. The van der Waals surface area contributed by atoms with Crippen molar-refractivity contribution in [1.29, 1.82) is 0 Å². The van der Waals surface area contributed by atoms with E-state index >= 15 is 0 Å². The van der Waals surface area contributed by atoms with Gasteiger partial charge in [-0.2, -0.15) is 0 Å². The number of allylic oxidation sites excluding steroid dienone is 1. The van der Waals surface area contributed by atoms with E-state index in [0.717, 1.165) is 61.2 Å². The number of hydrogen-bond donors (Lipinski definition) is 1. The van der Waals surface area contributed by atoms with Crippen LogP contribution in [0.2, 0.25) is 0 Å². The molecule has 57 heavy (non-hydrogen) atoms. The zero-order chi connectivity index (χ0) is 42.7. The van der Waals surface area contributed by atoms with Gasteiger partial charge in [-0.15, -0.1) is 0 Å². The van der Waals surface area contributed by atoms with E-state index in [0.29, 0.717) is 11.3 Å². The molecular formula is C56H54O. The Labute approximate surface area is 344 Å². The maximum absolute atomic E-state index is 11.8. The summed E-state index contributed by atoms with van der Waals surface area (Å²) < 4.78 is 23.5. The summed E-state index contributed by atoms with van der Waals surface area (Å²) in [5.41, 5.74) is 19.1. The fourth-order valence-corrected chi connectivity index (χ4v) is 8.47. The van der Waals surface area contributed by atoms with Gasteiger partial charge in [-0.05, 0) is 145 Å². The SMILES string of the molecule is [2H]C([2H])([2H])c1ccc(-c2cccc(-c3cc(-c4cccc5c4C=C(c4cc(C)cc(C)c4O)C5c4ccc(C(C)(C)C)cc4-c4ccccc4)cc(C(C)(C)C)c3)c2)cc1. The summed E-state index contributed by atoms with van der Waals surface area (Å²) >= 11 is 0. The minimum Gasteiger partial charge on any atom is -0.507 e. The van der Waals surface area contributed by atoms with E-state index in [9.17, 15) is 5.11 Å². The second-order valence-electron chi connectivity index (χ2n) is 17.9. The Hall–Kier alpha value is -5.92. The third-order valence-corrected chi connectivity index (χ3v) is 11.7. The van der Waals surface area contributed by atoms with Crippen LogP contribution >= 0.6 is 0 Å². The molecule has 0 saturated heterocycles. The molecular weight excluding hydrogens is 689 g/mol. The molecule has 0 heterocycles. The van der Waals surface area contributed by atoms with Crippen LogP contribution in [0.4, 0.5) is 0 Å². The average molecular weight is 746 g/mol. The van der Waals surface area contributed by atoms with Gasteiger partial charge in [0.25, 0.3) is 0 Å². The molecule has 1 atom stereocenters. The van der Waals surface area contributed by atoms with Crippen LogP contribution < -0.4 is 0 Å². The molecule has 7 aromatic rings. The lowest BCUT2D eigenvalue weighted by Gasteiger charge is -2.26. The summed E-state index contributed by atoms with van der Waals surface area (Å²) in [6.07, 6.45) is 2.34. The predicted molar refractivity (Wildman–Crippen MR) is 244 cm³/mol. The van der Waals surface area contributed by atoms with Crippen LogP contribution in [0.1, 0.15) is 102 Å². The van der Waals surface area contributed by atoms with Gasteiger partial charge < -0.3 is 5.11 Å². The van der Waals surface area contributed by atoms with Gasteiger partial charge in [0, 0.05) is 15.6 Å². The summed E-state index contributed by atoms with van der Waals surface area (Å²) in [5.74, 6) is 0.193. The van der Waals surface area contributed by atoms with Crippen molar-refractivity contribution in [3.8, 4) is 50.3 Å². The highest BCUT2D eigenvalue weighted by Gasteiger charge is 2.34. The van der Waals surface area contributed by atoms with Gasteiger partial charge in [-0.3, -0.25) is 0 Å². The smallest absolute Gasteiger partial charge is 0.126 e. The highest BCUT2D eigenvalue weighted by Crippen LogP contribution is 2.53. The molecule has 0 aliphatic heterocycles. The van der Waals surface area contributed by atoms with E-state index in [-0.39, 0.29) is 16.7 Å². The van der Waals surface area contributed by atoms with Crippen molar-refractivity contribution in [3.05, 3.63) is 196 Å². The first-order chi connectivity index (χ1) is 28.4. The Balaban J connectivity index is 1.34. The second-order valence-corrected chi connectivity index (χ2v) is 17.9. The van der Waals surface area contributed by atoms with Crippen molar-refractivity contribution in [2.45, 2.75) is 79.0 Å². The van der Waals surface area contributed by atoms with Crippen molar-refractivity contribution in [1.82, 2.24) is 0 Å². The van der Waals surface area contributed by atoms with Crippen LogP contribution in [0.5, 0.6) is 5.75 Å². The van der Waals surface area contributed by atoms with Crippen LogP contribution in [-0.4, -0.2) is 5.11 Å². The van der Waals surface area contributed by atoms with E-state index in [4.69, 9.17) is 4.11 Å². The van der Waals surface area contributed by atoms with Crippen LogP contribution in [0.25, 0.3) is 56.2 Å². The predicted octanol–water partition coefficient (Wildman–Crippen LogP) is 15.3. The van der Waals surface area contributed by atoms with E-state index in [1.165, 1.54) is 33.4 Å². The van der Waals surface area contributed by atoms with Gasteiger partial charge in [-0.1, -0.05) is 174 Å². The topological polar surface area (TPSA) is 20.2 Å². The van der Waals surface area contributed by atoms with Crippen molar-refractivity contribution < 1.29 is 9.22 Å². The number of phenolic OH excluding ortho intramolecular Hbond substituents is 1. The van der Waals surface area contributed by atoms with Crippen molar-refractivity contribution in [3.63, 3.8) is 0 Å². The maximum Gasteiger partial charge on any atom is 0.126 e. The molecule has 7 aromatic carbocycles. The molecule has 0 bridgehead atoms. The molecule has 1 aliphatic rings. The van der Waals surface area contributed by atoms with E-state index < -0.39 is 6.85 Å². The molecule has 0 amide bonds. The highest BCUT2D eigenvalue weighted by molar-refractivity contribution is 6.00. The molecule has 0 radical (unpaired) electrons. The normalized spacial score (nSPS) is 15.1. The van der Waals surface area contributed by atoms with Crippen LogP contribution in [0.3, 0.4) is 0 Å². The summed E-state index contributed by atoms with van der Waals surface area (Å²) in [7, 11) is 0. The summed E-state index contributed by atoms with van der Waals surface area (Å²) in [4.78, 5) is 0. The number of benzene rings is 7. The highest BCUT2D eigenvalue weighted by atomic mass is 16.3. The lowest BCUT2D eigenvalue weighted by atomic mass is 9.77. The largest absolute Gasteiger partial charge is 0.507 e. The molecule has 0 spiro atoms. The standard InChI is InChI=1S/C56H54O/c1-35-21-23-38(24-22-35)40-17-13-18-41(29-40)42-30-43(32-45(31-42)56(7,8)9)46-19-14-20-47-50(46)34-51(52-28-36(2)27-37(3)54(52)57)53(47)48-26-25-44(55(4,5)6)33-49(48)39-15-11-10-12-16-39/h10-34,53,57H,1-9H3/i1D3. The molecule has 0 aromatic heterocycles. The van der Waals surface area contributed by atoms with Crippen LogP contribution in [-0.2, 0) is 10.8 Å². The number of aromatic hydroxyl groups is 1. The fraction of sp³-hybridized carbons (Fsp3) is 0.214. The molecule has 1 unspecified atom stereocenters.